The number of nitrogens with zero attached hydrogens (tertiary/aromatic N) is 2. The Balaban J connectivity index is 1.86. The van der Waals surface area contributed by atoms with Crippen LogP contribution < -0.4 is 32.0 Å². The third-order valence-electron chi connectivity index (χ3n) is 6.25. The molecular weight excluding hydrogens is 530 g/mol. The fourth-order valence-electron chi connectivity index (χ4n) is 4.68. The highest BCUT2D eigenvalue weighted by molar-refractivity contribution is 6.08. The fourth-order valence-corrected chi connectivity index (χ4v) is 4.68. The van der Waals surface area contributed by atoms with E-state index in [9.17, 15) is 38.7 Å². The zero-order valence-corrected chi connectivity index (χ0v) is 21.4. The Morgan fingerprint density at radius 1 is 1.10 bits per heavy atom. The molecule has 0 saturated heterocycles. The number of hydrogen-bond acceptors (Lipinski definition) is 8. The van der Waals surface area contributed by atoms with Crippen LogP contribution in [0.25, 0.3) is 0 Å². The number of benzene rings is 1. The van der Waals surface area contributed by atoms with Gasteiger partial charge in [0.1, 0.15) is 18.1 Å². The predicted molar refractivity (Wildman–Crippen MR) is 137 cm³/mol. The second kappa shape index (κ2) is 12.7. The van der Waals surface area contributed by atoms with Gasteiger partial charge in [-0.15, -0.1) is 0 Å². The fraction of sp³-hybridized carbons (Fsp3) is 0.417. The van der Waals surface area contributed by atoms with Crippen molar-refractivity contribution in [1.82, 2.24) is 21.4 Å². The number of rotatable bonds is 11. The smallest absolute Gasteiger partial charge is 0.332 e. The molecule has 16 heteroatoms. The summed E-state index contributed by atoms with van der Waals surface area (Å²) >= 11 is 0. The number of aryl methyl sites for hydroxylation is 1. The van der Waals surface area contributed by atoms with Crippen LogP contribution in [-0.4, -0.2) is 82.2 Å². The number of hydrogen-bond donors (Lipinski definition) is 7. The summed E-state index contributed by atoms with van der Waals surface area (Å²) in [6.07, 6.45) is 0.290. The van der Waals surface area contributed by atoms with Crippen molar-refractivity contribution in [2.75, 3.05) is 4.90 Å². The highest BCUT2D eigenvalue weighted by atomic mass is 16.4. The molecule has 1 aromatic rings. The monoisotopic (exact) mass is 559 g/mol. The van der Waals surface area contributed by atoms with Crippen molar-refractivity contribution < 1.29 is 43.8 Å². The molecule has 6 amide bonds. The molecule has 0 aromatic heterocycles. The topological polar surface area (TPSA) is 250 Å². The Bertz CT molecular complexity index is 1250. The van der Waals surface area contributed by atoms with E-state index in [2.05, 4.69) is 21.1 Å². The first kappa shape index (κ1) is 29.5. The molecule has 8 N–H and O–H groups in total. The van der Waals surface area contributed by atoms with Crippen LogP contribution in [0.15, 0.2) is 23.3 Å². The van der Waals surface area contributed by atoms with Gasteiger partial charge in [0, 0.05) is 19.6 Å². The lowest BCUT2D eigenvalue weighted by atomic mass is 10.0. The zero-order chi connectivity index (χ0) is 29.6. The van der Waals surface area contributed by atoms with Crippen molar-refractivity contribution in [2.45, 2.75) is 63.2 Å². The van der Waals surface area contributed by atoms with Crippen molar-refractivity contribution in [3.8, 4) is 0 Å². The molecule has 0 radical (unpaired) electrons. The molecule has 2 aliphatic rings. The molecule has 1 aromatic carbocycles. The molecule has 2 aliphatic heterocycles. The van der Waals surface area contributed by atoms with Gasteiger partial charge in [0.2, 0.25) is 23.6 Å². The third-order valence-corrected chi connectivity index (χ3v) is 6.25. The molecule has 2 heterocycles. The van der Waals surface area contributed by atoms with Crippen LogP contribution >= 0.6 is 0 Å². The number of primary amides is 1. The largest absolute Gasteiger partial charge is 0.481 e. The van der Waals surface area contributed by atoms with Gasteiger partial charge in [-0.2, -0.15) is 5.10 Å². The first-order valence-corrected chi connectivity index (χ1v) is 12.2. The molecule has 214 valence electrons. The van der Waals surface area contributed by atoms with Gasteiger partial charge < -0.3 is 31.9 Å². The predicted octanol–water partition coefficient (Wildman–Crippen LogP) is -2.03. The zero-order valence-electron chi connectivity index (χ0n) is 21.4. The Morgan fingerprint density at radius 2 is 1.77 bits per heavy atom. The molecule has 4 atom stereocenters. The van der Waals surface area contributed by atoms with Crippen LogP contribution in [0.5, 0.6) is 0 Å². The normalized spacial score (nSPS) is 19.1. The average Bonchev–Trinajstić information content (AvgIpc) is 3.18. The van der Waals surface area contributed by atoms with E-state index in [-0.39, 0.29) is 12.8 Å². The summed E-state index contributed by atoms with van der Waals surface area (Å²) in [4.78, 5) is 86.1. The van der Waals surface area contributed by atoms with Gasteiger partial charge in [0.15, 0.2) is 0 Å². The minimum atomic E-state index is -1.42. The van der Waals surface area contributed by atoms with E-state index in [0.717, 1.165) is 18.7 Å². The lowest BCUT2D eigenvalue weighted by molar-refractivity contribution is -0.141. The number of anilines is 1. The molecular formula is C24H29N7O9. The number of amides is 6. The van der Waals surface area contributed by atoms with E-state index in [1.165, 1.54) is 4.90 Å². The number of aliphatic carboxylic acids is 2. The van der Waals surface area contributed by atoms with Crippen molar-refractivity contribution in [3.05, 3.63) is 29.3 Å². The first-order chi connectivity index (χ1) is 18.9. The number of urea groups is 1. The Morgan fingerprint density at radius 3 is 2.40 bits per heavy atom. The Labute approximate surface area is 227 Å². The number of hydrazone groups is 1. The molecule has 16 nitrogen and oxygen atoms in total. The quantitative estimate of drug-likeness (QED) is 0.116. The van der Waals surface area contributed by atoms with Gasteiger partial charge in [-0.05, 0) is 24.0 Å². The summed E-state index contributed by atoms with van der Waals surface area (Å²) in [6.45, 7) is 1.12. The van der Waals surface area contributed by atoms with Gasteiger partial charge in [0.05, 0.1) is 24.6 Å². The minimum absolute atomic E-state index is 0.103. The van der Waals surface area contributed by atoms with Crippen molar-refractivity contribution >= 4 is 53.5 Å². The molecule has 0 saturated carbocycles. The lowest BCUT2D eigenvalue weighted by Crippen LogP contribution is -2.58. The molecule has 0 fully saturated rings. The minimum Gasteiger partial charge on any atom is -0.481 e. The van der Waals surface area contributed by atoms with Crippen LogP contribution in [0.4, 0.5) is 10.5 Å². The second-order valence-electron chi connectivity index (χ2n) is 9.27. The summed E-state index contributed by atoms with van der Waals surface area (Å²) in [5.41, 5.74) is 8.80. The molecule has 0 bridgehead atoms. The average molecular weight is 560 g/mol. The summed E-state index contributed by atoms with van der Waals surface area (Å²) in [7, 11) is 0. The van der Waals surface area contributed by atoms with Crippen molar-refractivity contribution in [1.29, 1.82) is 0 Å². The van der Waals surface area contributed by atoms with Crippen LogP contribution in [0.3, 0.4) is 0 Å². The van der Waals surface area contributed by atoms with Gasteiger partial charge in [-0.25, -0.2) is 10.2 Å². The Hall–Kier alpha value is -5.02. The summed E-state index contributed by atoms with van der Waals surface area (Å²) in [6, 6.07) is -0.545. The number of carbonyl (C=O) groups is 7. The lowest BCUT2D eigenvalue weighted by Gasteiger charge is -2.29. The SMILES string of the molecule is CC(=O)N[C@@H](CC(=O)O)C(=O)NC1CCc2cccc3c2N(C1=O)C(C(=O)N[C@H](/C=N/NC(N)=O)CC(=O)O)C3. The van der Waals surface area contributed by atoms with Crippen LogP contribution in [0.1, 0.15) is 37.3 Å². The van der Waals surface area contributed by atoms with Crippen LogP contribution in [0.2, 0.25) is 0 Å². The summed E-state index contributed by atoms with van der Waals surface area (Å²) < 4.78 is 0. The van der Waals surface area contributed by atoms with E-state index in [4.69, 9.17) is 10.8 Å². The number of carbonyl (C=O) groups excluding carboxylic acids is 5. The van der Waals surface area contributed by atoms with E-state index < -0.39 is 78.6 Å². The van der Waals surface area contributed by atoms with Crippen LogP contribution in [0, 0.1) is 0 Å². The van der Waals surface area contributed by atoms with E-state index >= 15 is 0 Å². The summed E-state index contributed by atoms with van der Waals surface area (Å²) in [5, 5.41) is 29.1. The van der Waals surface area contributed by atoms with Crippen molar-refractivity contribution in [3.63, 3.8) is 0 Å². The highest BCUT2D eigenvalue weighted by Crippen LogP contribution is 2.39. The van der Waals surface area contributed by atoms with E-state index in [0.29, 0.717) is 17.7 Å². The number of para-hydroxylation sites is 1. The highest BCUT2D eigenvalue weighted by Gasteiger charge is 2.44. The molecule has 40 heavy (non-hydrogen) atoms. The van der Waals surface area contributed by atoms with E-state index in [1.807, 2.05) is 5.43 Å². The number of carboxylic acid groups (broad SMARTS) is 2. The van der Waals surface area contributed by atoms with Gasteiger partial charge >= 0.3 is 18.0 Å². The molecule has 3 rings (SSSR count). The maximum absolute atomic E-state index is 13.7. The number of nitrogens with one attached hydrogen (secondary N) is 4. The second-order valence-corrected chi connectivity index (χ2v) is 9.27. The van der Waals surface area contributed by atoms with Gasteiger partial charge in [-0.3, -0.25) is 33.7 Å². The van der Waals surface area contributed by atoms with Gasteiger partial charge in [0.25, 0.3) is 0 Å². The number of nitrogens with two attached hydrogens (primary N) is 1. The molecule has 2 unspecified atom stereocenters. The van der Waals surface area contributed by atoms with Crippen molar-refractivity contribution in [2.24, 2.45) is 10.8 Å². The standard InChI is InChI=1S/C24H29N7O9/c1-11(32)27-16(9-19(35)36)21(37)29-15-6-5-12-3-2-4-13-7-17(31(20(12)13)23(15)39)22(38)28-14(8-18(33)34)10-26-30-24(25)40/h2-4,10,14-17H,5-9H2,1H3,(H,27,32)(H,28,38)(H,29,37)(H,33,34)(H,35,36)(H3,25,30,40)/b26-10+/t14-,15?,16-,17?/m0/s1. The number of carboxylic acids is 2. The van der Waals surface area contributed by atoms with E-state index in [1.54, 1.807) is 18.2 Å². The maximum Gasteiger partial charge on any atom is 0.332 e. The maximum atomic E-state index is 13.7. The first-order valence-electron chi connectivity index (χ1n) is 12.2. The molecule has 0 spiro atoms. The summed E-state index contributed by atoms with van der Waals surface area (Å²) in [5.74, 6) is -5.44. The van der Waals surface area contributed by atoms with Gasteiger partial charge in [-0.1, -0.05) is 18.2 Å². The third kappa shape index (κ3) is 7.30. The van der Waals surface area contributed by atoms with Crippen LogP contribution in [-0.2, 0) is 41.6 Å². The Kier molecular flexibility index (Phi) is 9.37. The molecule has 0 aliphatic carbocycles.